The SMILES string of the molecule is CC(OC(=O)Cn1c(=O)c2c(ncn2C)n(C)c1=O)C(=O)Nc1cccc(Cl)c1. The van der Waals surface area contributed by atoms with Gasteiger partial charge in [0.25, 0.3) is 11.5 Å². The molecule has 0 saturated heterocycles. The zero-order valence-corrected chi connectivity index (χ0v) is 16.6. The van der Waals surface area contributed by atoms with Crippen LogP contribution in [0.15, 0.2) is 40.2 Å². The van der Waals surface area contributed by atoms with Gasteiger partial charge in [0, 0.05) is 24.8 Å². The molecular weight excluding hydrogens is 402 g/mol. The summed E-state index contributed by atoms with van der Waals surface area (Å²) in [6, 6.07) is 6.48. The number of hydrogen-bond donors (Lipinski definition) is 1. The lowest BCUT2D eigenvalue weighted by Crippen LogP contribution is -2.42. The van der Waals surface area contributed by atoms with Gasteiger partial charge in [0.2, 0.25) is 0 Å². The normalized spacial score (nSPS) is 12.0. The minimum atomic E-state index is -1.15. The van der Waals surface area contributed by atoms with Crippen molar-refractivity contribution in [1.82, 2.24) is 18.7 Å². The summed E-state index contributed by atoms with van der Waals surface area (Å²) in [6.45, 7) is 0.740. The molecule has 1 atom stereocenters. The monoisotopic (exact) mass is 419 g/mol. The van der Waals surface area contributed by atoms with E-state index in [1.165, 1.54) is 29.4 Å². The minimum Gasteiger partial charge on any atom is -0.451 e. The fourth-order valence-corrected chi connectivity index (χ4v) is 2.95. The molecule has 29 heavy (non-hydrogen) atoms. The summed E-state index contributed by atoms with van der Waals surface area (Å²) >= 11 is 5.86. The Kier molecular flexibility index (Phi) is 5.55. The fraction of sp³-hybridized carbons (Fsp3) is 0.278. The number of amides is 1. The first kappa shape index (κ1) is 20.3. The Balaban J connectivity index is 1.75. The van der Waals surface area contributed by atoms with Crippen LogP contribution in [0, 0.1) is 0 Å². The molecule has 0 bridgehead atoms. The summed E-state index contributed by atoms with van der Waals surface area (Å²) in [5.41, 5.74) is -0.560. The van der Waals surface area contributed by atoms with E-state index in [9.17, 15) is 19.2 Å². The van der Waals surface area contributed by atoms with E-state index in [1.54, 1.807) is 31.3 Å². The van der Waals surface area contributed by atoms with Crippen molar-refractivity contribution in [2.24, 2.45) is 14.1 Å². The third-order valence-electron chi connectivity index (χ3n) is 4.26. The van der Waals surface area contributed by atoms with Crippen molar-refractivity contribution in [2.45, 2.75) is 19.6 Å². The highest BCUT2D eigenvalue weighted by molar-refractivity contribution is 6.30. The van der Waals surface area contributed by atoms with Gasteiger partial charge >= 0.3 is 11.7 Å². The lowest BCUT2D eigenvalue weighted by molar-refractivity contribution is -0.153. The number of carbonyl (C=O) groups is 2. The third-order valence-corrected chi connectivity index (χ3v) is 4.49. The molecule has 11 heteroatoms. The zero-order chi connectivity index (χ0) is 21.3. The van der Waals surface area contributed by atoms with Crippen LogP contribution in [-0.4, -0.2) is 36.7 Å². The van der Waals surface area contributed by atoms with E-state index < -0.39 is 35.8 Å². The predicted molar refractivity (Wildman–Crippen MR) is 106 cm³/mol. The van der Waals surface area contributed by atoms with Gasteiger partial charge in [0.1, 0.15) is 6.54 Å². The van der Waals surface area contributed by atoms with Crippen LogP contribution < -0.4 is 16.6 Å². The first-order chi connectivity index (χ1) is 13.7. The largest absolute Gasteiger partial charge is 0.451 e. The van der Waals surface area contributed by atoms with Crippen LogP contribution in [0.5, 0.6) is 0 Å². The second kappa shape index (κ2) is 7.92. The number of benzene rings is 1. The summed E-state index contributed by atoms with van der Waals surface area (Å²) in [7, 11) is 3.05. The molecule has 0 aliphatic carbocycles. The molecule has 3 aromatic rings. The topological polar surface area (TPSA) is 117 Å². The van der Waals surface area contributed by atoms with Crippen LogP contribution >= 0.6 is 11.6 Å². The molecule has 10 nitrogen and oxygen atoms in total. The average molecular weight is 420 g/mol. The number of fused-ring (bicyclic) bond motifs is 1. The Morgan fingerprint density at radius 3 is 2.69 bits per heavy atom. The Morgan fingerprint density at radius 2 is 2.00 bits per heavy atom. The van der Waals surface area contributed by atoms with E-state index in [1.807, 2.05) is 0 Å². The fourth-order valence-electron chi connectivity index (χ4n) is 2.76. The summed E-state index contributed by atoms with van der Waals surface area (Å²) in [5, 5.41) is 3.00. The van der Waals surface area contributed by atoms with Gasteiger partial charge in [-0.3, -0.25) is 19.0 Å². The van der Waals surface area contributed by atoms with Crippen LogP contribution in [0.2, 0.25) is 5.02 Å². The highest BCUT2D eigenvalue weighted by Gasteiger charge is 2.21. The highest BCUT2D eigenvalue weighted by atomic mass is 35.5. The van der Waals surface area contributed by atoms with Gasteiger partial charge in [-0.05, 0) is 25.1 Å². The maximum Gasteiger partial charge on any atom is 0.333 e. The number of anilines is 1. The van der Waals surface area contributed by atoms with Crippen molar-refractivity contribution in [3.05, 3.63) is 56.5 Å². The molecule has 152 valence electrons. The third kappa shape index (κ3) is 4.06. The Hall–Kier alpha value is -3.40. The molecule has 0 radical (unpaired) electrons. The zero-order valence-electron chi connectivity index (χ0n) is 15.9. The molecule has 0 saturated carbocycles. The van der Waals surface area contributed by atoms with Crippen molar-refractivity contribution in [3.63, 3.8) is 0 Å². The number of imidazole rings is 1. The number of ether oxygens (including phenoxy) is 1. The van der Waals surface area contributed by atoms with Crippen LogP contribution in [0.4, 0.5) is 5.69 Å². The number of halogens is 1. The van der Waals surface area contributed by atoms with E-state index in [4.69, 9.17) is 16.3 Å². The first-order valence-corrected chi connectivity index (χ1v) is 8.93. The molecule has 3 rings (SSSR count). The van der Waals surface area contributed by atoms with Crippen molar-refractivity contribution in [3.8, 4) is 0 Å². The van der Waals surface area contributed by atoms with Crippen LogP contribution in [-0.2, 0) is 35.0 Å². The van der Waals surface area contributed by atoms with E-state index >= 15 is 0 Å². The van der Waals surface area contributed by atoms with Gasteiger partial charge in [0.05, 0.1) is 6.33 Å². The number of aryl methyl sites for hydroxylation is 2. The van der Waals surface area contributed by atoms with Gasteiger partial charge in [0.15, 0.2) is 17.3 Å². The quantitative estimate of drug-likeness (QED) is 0.607. The van der Waals surface area contributed by atoms with Gasteiger partial charge in [-0.25, -0.2) is 14.3 Å². The summed E-state index contributed by atoms with van der Waals surface area (Å²) < 4.78 is 8.45. The van der Waals surface area contributed by atoms with Crippen LogP contribution in [0.3, 0.4) is 0 Å². The number of aromatic nitrogens is 4. The van der Waals surface area contributed by atoms with Gasteiger partial charge in [-0.1, -0.05) is 17.7 Å². The second-order valence-corrected chi connectivity index (χ2v) is 6.83. The Morgan fingerprint density at radius 1 is 1.28 bits per heavy atom. The molecule has 1 unspecified atom stereocenters. The maximum absolute atomic E-state index is 12.6. The molecule has 0 fully saturated rings. The highest BCUT2D eigenvalue weighted by Crippen LogP contribution is 2.15. The molecule has 1 aromatic carbocycles. The molecular formula is C18H18ClN5O5. The number of rotatable bonds is 5. The number of esters is 1. The van der Waals surface area contributed by atoms with E-state index in [0.717, 1.165) is 4.57 Å². The van der Waals surface area contributed by atoms with Gasteiger partial charge in [-0.2, -0.15) is 0 Å². The standard InChI is InChI=1S/C18H18ClN5O5/c1-10(16(26)21-12-6-4-5-11(19)7-12)29-13(25)8-24-17(27)14-15(20-9-22(14)2)23(3)18(24)28/h4-7,9-10H,8H2,1-3H3,(H,21,26). The van der Waals surface area contributed by atoms with E-state index in [2.05, 4.69) is 10.3 Å². The lowest BCUT2D eigenvalue weighted by atomic mass is 10.3. The van der Waals surface area contributed by atoms with Crippen molar-refractivity contribution < 1.29 is 14.3 Å². The molecule has 0 spiro atoms. The molecule has 2 aromatic heterocycles. The molecule has 0 aliphatic rings. The molecule has 2 heterocycles. The number of nitrogens with zero attached hydrogens (tertiary/aromatic N) is 4. The van der Waals surface area contributed by atoms with E-state index in [-0.39, 0.29) is 11.2 Å². The second-order valence-electron chi connectivity index (χ2n) is 6.39. The summed E-state index contributed by atoms with van der Waals surface area (Å²) in [4.78, 5) is 53.5. The minimum absolute atomic E-state index is 0.173. The average Bonchev–Trinajstić information content (AvgIpc) is 3.05. The summed E-state index contributed by atoms with van der Waals surface area (Å²) in [6.07, 6.45) is 0.248. The Bertz CT molecular complexity index is 1230. The van der Waals surface area contributed by atoms with Crippen molar-refractivity contribution in [2.75, 3.05) is 5.32 Å². The predicted octanol–water partition coefficient (Wildman–Crippen LogP) is 0.657. The number of carbonyl (C=O) groups excluding carboxylic acids is 2. The van der Waals surface area contributed by atoms with Crippen LogP contribution in [0.25, 0.3) is 11.2 Å². The Labute approximate surface area is 169 Å². The molecule has 0 aliphatic heterocycles. The van der Waals surface area contributed by atoms with Gasteiger partial charge in [-0.15, -0.1) is 0 Å². The maximum atomic E-state index is 12.6. The molecule has 1 amide bonds. The van der Waals surface area contributed by atoms with Gasteiger partial charge < -0.3 is 14.6 Å². The number of hydrogen-bond acceptors (Lipinski definition) is 6. The van der Waals surface area contributed by atoms with Crippen molar-refractivity contribution in [1.29, 1.82) is 0 Å². The van der Waals surface area contributed by atoms with Crippen molar-refractivity contribution >= 4 is 40.3 Å². The molecule has 1 N–H and O–H groups in total. The first-order valence-electron chi connectivity index (χ1n) is 8.55. The van der Waals surface area contributed by atoms with Crippen LogP contribution in [0.1, 0.15) is 6.92 Å². The smallest absolute Gasteiger partial charge is 0.333 e. The lowest BCUT2D eigenvalue weighted by Gasteiger charge is -2.14. The van der Waals surface area contributed by atoms with E-state index in [0.29, 0.717) is 10.7 Å². The number of nitrogens with one attached hydrogen (secondary N) is 1. The summed E-state index contributed by atoms with van der Waals surface area (Å²) in [5.74, 6) is -1.48.